The van der Waals surface area contributed by atoms with E-state index in [2.05, 4.69) is 63.0 Å². The number of alkyl halides is 1. The number of halogens is 1. The summed E-state index contributed by atoms with van der Waals surface area (Å²) in [5.74, 6) is 0.508. The summed E-state index contributed by atoms with van der Waals surface area (Å²) in [6, 6.07) is 3.29. The van der Waals surface area contributed by atoms with Gasteiger partial charge in [-0.25, -0.2) is 9.69 Å². The van der Waals surface area contributed by atoms with Crippen LogP contribution in [0.25, 0.3) is 0 Å². The number of hydrogen-bond donors (Lipinski definition) is 0. The largest absolute Gasteiger partial charge is 0.493 e. The van der Waals surface area contributed by atoms with Crippen LogP contribution in [0.2, 0.25) is 18.1 Å². The molecule has 2 heterocycles. The van der Waals surface area contributed by atoms with Gasteiger partial charge in [0.2, 0.25) is 0 Å². The summed E-state index contributed by atoms with van der Waals surface area (Å²) in [7, 11) is -2.38. The summed E-state index contributed by atoms with van der Waals surface area (Å²) in [5, 5.41) is -0.103. The third-order valence-electron chi connectivity index (χ3n) is 7.63. The Kier molecular flexibility index (Phi) is 10.1. The second kappa shape index (κ2) is 12.5. The molecule has 1 aromatic rings. The lowest BCUT2D eigenvalue weighted by Crippen LogP contribution is -2.57. The maximum Gasteiger partial charge on any atom is 0.416 e. The van der Waals surface area contributed by atoms with Crippen molar-refractivity contribution in [1.82, 2.24) is 4.90 Å². The molecule has 0 bridgehead atoms. The second-order valence-corrected chi connectivity index (χ2v) is 17.5. The van der Waals surface area contributed by atoms with E-state index in [9.17, 15) is 9.59 Å². The number of hydrogen-bond acceptors (Lipinski definition) is 5. The van der Waals surface area contributed by atoms with Crippen molar-refractivity contribution in [3.05, 3.63) is 47.7 Å². The van der Waals surface area contributed by atoms with Gasteiger partial charge >= 0.3 is 6.09 Å². The van der Waals surface area contributed by atoms with Crippen molar-refractivity contribution in [2.45, 2.75) is 90.7 Å². The fourth-order valence-corrected chi connectivity index (χ4v) is 6.24. The quantitative estimate of drug-likeness (QED) is 0.0856. The SMILES string of the molecule is C=CCOC(=O)N1c2cc(OCCCCCI)c(C)cc2C(=O)N2C=C(C)C[C@H]2[C@@H]1O[Si](C)(C)C(C)(C)C. The molecule has 0 spiro atoms. The standard InChI is InChI=1S/C29H43IN2O5Si/c1-9-14-36-28(34)32-23-18-25(35-15-12-10-11-13-30)21(3)17-22(23)26(33)31-19-20(2)16-24(31)27(32)37-38(7,8)29(4,5)6/h9,17-19,24,27H,1,10-16H2,2-8H3/t24-,27-/m0/s1. The number of rotatable bonds is 10. The fraction of sp³-hybridized carbons (Fsp3) is 0.586. The summed E-state index contributed by atoms with van der Waals surface area (Å²) in [5.41, 5.74) is 2.82. The molecule has 7 nitrogen and oxygen atoms in total. The van der Waals surface area contributed by atoms with Crippen LogP contribution in [0.1, 0.15) is 69.3 Å². The number of fused-ring (bicyclic) bond motifs is 2. The highest BCUT2D eigenvalue weighted by molar-refractivity contribution is 14.1. The maximum absolute atomic E-state index is 14.0. The van der Waals surface area contributed by atoms with Gasteiger partial charge in [-0.2, -0.15) is 0 Å². The van der Waals surface area contributed by atoms with Gasteiger partial charge in [-0.05, 0) is 73.7 Å². The lowest BCUT2D eigenvalue weighted by molar-refractivity contribution is 0.0589. The van der Waals surface area contributed by atoms with Crippen molar-refractivity contribution in [3.63, 3.8) is 0 Å². The highest BCUT2D eigenvalue weighted by atomic mass is 127. The van der Waals surface area contributed by atoms with E-state index in [1.54, 1.807) is 15.9 Å². The van der Waals surface area contributed by atoms with Gasteiger partial charge in [0, 0.05) is 12.3 Å². The first kappa shape index (κ1) is 30.7. The van der Waals surface area contributed by atoms with Crippen LogP contribution >= 0.6 is 22.6 Å². The van der Waals surface area contributed by atoms with Crippen molar-refractivity contribution in [1.29, 1.82) is 0 Å². The molecule has 2 amide bonds. The van der Waals surface area contributed by atoms with Gasteiger partial charge in [0.1, 0.15) is 12.4 Å². The Hall–Kier alpha value is -1.85. The van der Waals surface area contributed by atoms with Crippen LogP contribution in [0.4, 0.5) is 10.5 Å². The Morgan fingerprint density at radius 3 is 2.55 bits per heavy atom. The zero-order valence-electron chi connectivity index (χ0n) is 23.9. The van der Waals surface area contributed by atoms with Crippen LogP contribution in [0.3, 0.4) is 0 Å². The second-order valence-electron chi connectivity index (χ2n) is 11.7. The predicted molar refractivity (Wildman–Crippen MR) is 164 cm³/mol. The average molecular weight is 655 g/mol. The number of aryl methyl sites for hydroxylation is 1. The van der Waals surface area contributed by atoms with E-state index in [0.717, 1.165) is 34.8 Å². The molecule has 0 radical (unpaired) electrons. The van der Waals surface area contributed by atoms with Crippen LogP contribution in [-0.2, 0) is 9.16 Å². The number of ether oxygens (including phenoxy) is 2. The molecule has 0 saturated carbocycles. The first-order valence-corrected chi connectivity index (χ1v) is 17.8. The zero-order chi connectivity index (χ0) is 28.3. The first-order valence-electron chi connectivity index (χ1n) is 13.4. The van der Waals surface area contributed by atoms with Crippen molar-refractivity contribution in [3.8, 4) is 5.75 Å². The van der Waals surface area contributed by atoms with E-state index in [-0.39, 0.29) is 23.6 Å². The molecule has 2 atom stereocenters. The minimum Gasteiger partial charge on any atom is -0.493 e. The van der Waals surface area contributed by atoms with E-state index in [1.165, 1.54) is 0 Å². The van der Waals surface area contributed by atoms with Crippen molar-refractivity contribution >= 4 is 48.6 Å². The average Bonchev–Trinajstić information content (AvgIpc) is 3.20. The molecular weight excluding hydrogens is 611 g/mol. The summed E-state index contributed by atoms with van der Waals surface area (Å²) < 4.78 is 19.9. The van der Waals surface area contributed by atoms with Gasteiger partial charge in [0.25, 0.3) is 5.91 Å². The summed E-state index contributed by atoms with van der Waals surface area (Å²) in [4.78, 5) is 31.0. The molecule has 2 aliphatic rings. The Bertz CT molecular complexity index is 1080. The lowest BCUT2D eigenvalue weighted by Gasteiger charge is -2.44. The first-order chi connectivity index (χ1) is 17.8. The molecule has 0 aromatic heterocycles. The number of nitrogens with zero attached hydrogens (tertiary/aromatic N) is 2. The third kappa shape index (κ3) is 6.64. The van der Waals surface area contributed by atoms with E-state index in [1.807, 2.05) is 32.2 Å². The zero-order valence-corrected chi connectivity index (χ0v) is 27.1. The number of carbonyl (C=O) groups excluding carboxylic acids is 2. The smallest absolute Gasteiger partial charge is 0.416 e. The molecule has 210 valence electrons. The number of benzene rings is 1. The highest BCUT2D eigenvalue weighted by Crippen LogP contribution is 2.44. The van der Waals surface area contributed by atoms with Crippen LogP contribution in [0.5, 0.6) is 5.75 Å². The van der Waals surface area contributed by atoms with E-state index < -0.39 is 20.6 Å². The molecule has 0 unspecified atom stereocenters. The molecule has 0 N–H and O–H groups in total. The van der Waals surface area contributed by atoms with Gasteiger partial charge < -0.3 is 18.8 Å². The van der Waals surface area contributed by atoms with Crippen molar-refractivity contribution in [2.75, 3.05) is 22.5 Å². The molecule has 0 aliphatic carbocycles. The molecule has 2 aliphatic heterocycles. The summed E-state index contributed by atoms with van der Waals surface area (Å²) >= 11 is 2.39. The third-order valence-corrected chi connectivity index (χ3v) is 12.8. The monoisotopic (exact) mass is 654 g/mol. The van der Waals surface area contributed by atoms with Crippen LogP contribution in [0, 0.1) is 6.92 Å². The predicted octanol–water partition coefficient (Wildman–Crippen LogP) is 7.59. The number of carbonyl (C=O) groups is 2. The summed E-state index contributed by atoms with van der Waals surface area (Å²) in [6.07, 6.45) is 5.96. The van der Waals surface area contributed by atoms with Crippen LogP contribution < -0.4 is 9.64 Å². The topological polar surface area (TPSA) is 68.3 Å². The van der Waals surface area contributed by atoms with Crippen LogP contribution in [-0.4, -0.2) is 55.1 Å². The number of unbranched alkanes of at least 4 members (excludes halogenated alkanes) is 2. The molecule has 3 rings (SSSR count). The van der Waals surface area contributed by atoms with Crippen LogP contribution in [0.15, 0.2) is 36.6 Å². The molecule has 1 aromatic carbocycles. The Morgan fingerprint density at radius 1 is 1.21 bits per heavy atom. The van der Waals surface area contributed by atoms with Crippen molar-refractivity contribution in [2.24, 2.45) is 0 Å². The molecule has 38 heavy (non-hydrogen) atoms. The number of amides is 2. The number of anilines is 1. The van der Waals surface area contributed by atoms with Gasteiger partial charge in [-0.1, -0.05) is 61.6 Å². The highest BCUT2D eigenvalue weighted by Gasteiger charge is 2.50. The maximum atomic E-state index is 14.0. The van der Waals surface area contributed by atoms with Gasteiger partial charge in [0.05, 0.1) is 23.9 Å². The Balaban J connectivity index is 2.15. The molecule has 0 saturated heterocycles. The van der Waals surface area contributed by atoms with Gasteiger partial charge in [-0.3, -0.25) is 4.79 Å². The molecule has 9 heteroatoms. The van der Waals surface area contributed by atoms with E-state index in [4.69, 9.17) is 13.9 Å². The van der Waals surface area contributed by atoms with E-state index >= 15 is 0 Å². The molecule has 0 fully saturated rings. The lowest BCUT2D eigenvalue weighted by atomic mass is 10.1. The van der Waals surface area contributed by atoms with E-state index in [0.29, 0.717) is 30.0 Å². The minimum absolute atomic E-state index is 0.0586. The summed E-state index contributed by atoms with van der Waals surface area (Å²) in [6.45, 7) is 19.1. The molecular formula is C29H43IN2O5Si. The van der Waals surface area contributed by atoms with Gasteiger partial charge in [-0.15, -0.1) is 0 Å². The Labute approximate surface area is 242 Å². The fourth-order valence-electron chi connectivity index (χ4n) is 4.48. The minimum atomic E-state index is -2.38. The normalized spacial score (nSPS) is 19.5. The van der Waals surface area contributed by atoms with Crippen molar-refractivity contribution < 1.29 is 23.5 Å². The Morgan fingerprint density at radius 2 is 1.92 bits per heavy atom. The van der Waals surface area contributed by atoms with Gasteiger partial charge in [0.15, 0.2) is 14.5 Å².